The Morgan fingerprint density at radius 1 is 0.688 bits per heavy atom. The number of carbonyl (C=O) groups is 2. The van der Waals surface area contributed by atoms with Gasteiger partial charge >= 0.3 is 0 Å². The van der Waals surface area contributed by atoms with Crippen LogP contribution in [0.3, 0.4) is 0 Å². The highest BCUT2D eigenvalue weighted by Crippen LogP contribution is 2.38. The molecule has 0 radical (unpaired) electrons. The molecule has 2 aromatic rings. The summed E-state index contributed by atoms with van der Waals surface area (Å²) in [6, 6.07) is 17.0. The maximum absolute atomic E-state index is 12.1. The van der Waals surface area contributed by atoms with Crippen molar-refractivity contribution in [1.29, 1.82) is 0 Å². The second-order valence-corrected chi connectivity index (χ2v) is 9.22. The van der Waals surface area contributed by atoms with E-state index in [-0.39, 0.29) is 35.2 Å². The van der Waals surface area contributed by atoms with Crippen molar-refractivity contribution in [2.24, 2.45) is 11.8 Å². The van der Waals surface area contributed by atoms with Crippen molar-refractivity contribution in [2.75, 3.05) is 0 Å². The van der Waals surface area contributed by atoms with Crippen LogP contribution in [-0.4, -0.2) is 11.6 Å². The van der Waals surface area contributed by atoms with Crippen molar-refractivity contribution in [2.45, 2.75) is 65.2 Å². The van der Waals surface area contributed by atoms with Crippen LogP contribution in [0.15, 0.2) is 73.8 Å². The highest BCUT2D eigenvalue weighted by atomic mass is 16.1. The van der Waals surface area contributed by atoms with Crippen LogP contribution >= 0.6 is 0 Å². The van der Waals surface area contributed by atoms with Crippen LogP contribution in [0.25, 0.3) is 0 Å². The van der Waals surface area contributed by atoms with E-state index in [2.05, 4.69) is 75.5 Å². The summed E-state index contributed by atoms with van der Waals surface area (Å²) in [5, 5.41) is 0. The Labute approximate surface area is 194 Å². The summed E-state index contributed by atoms with van der Waals surface area (Å²) in [4.78, 5) is 24.1. The van der Waals surface area contributed by atoms with Gasteiger partial charge in [-0.2, -0.15) is 0 Å². The summed E-state index contributed by atoms with van der Waals surface area (Å²) in [5.41, 5.74) is 4.79. The van der Waals surface area contributed by atoms with Crippen LogP contribution in [0, 0.1) is 25.7 Å². The number of carbonyl (C=O) groups excluding carboxylic acids is 2. The molecule has 4 atom stereocenters. The standard InChI is InChI=1S/C30H38O2/c1-7-25(29(19-23(5)31)27-13-9-21(3)10-14-27)17-18-26(8-2)30(20-24(6)32)28-15-11-22(4)12-16-28/h7-16,25-26,29-30H,1-2,17-20H2,3-6H3/t25-,26+,29+,30-. The minimum Gasteiger partial charge on any atom is -0.300 e. The molecule has 0 bridgehead atoms. The SMILES string of the molecule is C=C[C@H](CC[C@H](C=C)[C@@H](CC(C)=O)c1ccc(C)cc1)[C@H](CC(C)=O)c1ccc(C)cc1. The van der Waals surface area contributed by atoms with E-state index in [1.54, 1.807) is 13.8 Å². The Balaban J connectivity index is 2.25. The topological polar surface area (TPSA) is 34.1 Å². The minimum atomic E-state index is 0.113. The molecule has 0 heterocycles. The Bertz CT molecular complexity index is 827. The summed E-state index contributed by atoms with van der Waals surface area (Å²) in [7, 11) is 0. The lowest BCUT2D eigenvalue weighted by Crippen LogP contribution is -2.19. The molecular weight excluding hydrogens is 392 g/mol. The molecule has 0 saturated carbocycles. The number of allylic oxidation sites excluding steroid dienone is 2. The lowest BCUT2D eigenvalue weighted by atomic mass is 9.75. The van der Waals surface area contributed by atoms with Crippen molar-refractivity contribution >= 4 is 11.6 Å². The molecular formula is C30H38O2. The van der Waals surface area contributed by atoms with Gasteiger partial charge in [-0.15, -0.1) is 13.2 Å². The maximum Gasteiger partial charge on any atom is 0.130 e. The molecule has 0 spiro atoms. The minimum absolute atomic E-state index is 0.113. The molecule has 0 saturated heterocycles. The zero-order valence-electron chi connectivity index (χ0n) is 20.1. The summed E-state index contributed by atoms with van der Waals surface area (Å²) < 4.78 is 0. The first-order valence-electron chi connectivity index (χ1n) is 11.6. The van der Waals surface area contributed by atoms with Crippen molar-refractivity contribution in [3.63, 3.8) is 0 Å². The molecule has 0 fully saturated rings. The van der Waals surface area contributed by atoms with Crippen molar-refractivity contribution in [3.8, 4) is 0 Å². The molecule has 2 rings (SSSR count). The fourth-order valence-corrected chi connectivity index (χ4v) is 4.63. The van der Waals surface area contributed by atoms with Gasteiger partial charge in [-0.25, -0.2) is 0 Å². The van der Waals surface area contributed by atoms with E-state index < -0.39 is 0 Å². The predicted molar refractivity (Wildman–Crippen MR) is 135 cm³/mol. The fraction of sp³-hybridized carbons (Fsp3) is 0.400. The van der Waals surface area contributed by atoms with E-state index in [1.165, 1.54) is 22.3 Å². The van der Waals surface area contributed by atoms with Crippen LogP contribution in [0.4, 0.5) is 0 Å². The molecule has 0 N–H and O–H groups in total. The van der Waals surface area contributed by atoms with E-state index in [9.17, 15) is 9.59 Å². The largest absolute Gasteiger partial charge is 0.300 e. The first kappa shape index (κ1) is 25.5. The van der Waals surface area contributed by atoms with Crippen LogP contribution < -0.4 is 0 Å². The third-order valence-corrected chi connectivity index (χ3v) is 6.50. The molecule has 0 aliphatic carbocycles. The second-order valence-electron chi connectivity index (χ2n) is 9.22. The van der Waals surface area contributed by atoms with Crippen molar-refractivity contribution < 1.29 is 9.59 Å². The molecule has 0 aliphatic rings. The summed E-state index contributed by atoms with van der Waals surface area (Å²) in [6.45, 7) is 15.7. The average Bonchev–Trinajstić information content (AvgIpc) is 2.75. The van der Waals surface area contributed by atoms with Gasteiger partial charge in [0.2, 0.25) is 0 Å². The third-order valence-electron chi connectivity index (χ3n) is 6.50. The lowest BCUT2D eigenvalue weighted by Gasteiger charge is -2.29. The normalized spacial score (nSPS) is 14.8. The van der Waals surface area contributed by atoms with Gasteiger partial charge in [0.05, 0.1) is 0 Å². The molecule has 0 amide bonds. The van der Waals surface area contributed by atoms with Crippen LogP contribution in [0.5, 0.6) is 0 Å². The monoisotopic (exact) mass is 430 g/mol. The molecule has 0 unspecified atom stereocenters. The van der Waals surface area contributed by atoms with Gasteiger partial charge in [-0.1, -0.05) is 71.8 Å². The van der Waals surface area contributed by atoms with Gasteiger partial charge < -0.3 is 9.59 Å². The number of aryl methyl sites for hydroxylation is 2. The molecule has 2 aromatic carbocycles. The molecule has 0 aromatic heterocycles. The zero-order valence-corrected chi connectivity index (χ0v) is 20.1. The molecule has 2 nitrogen and oxygen atoms in total. The number of hydrogen-bond acceptors (Lipinski definition) is 2. The Kier molecular flexibility index (Phi) is 9.84. The Hall–Kier alpha value is -2.74. The van der Waals surface area contributed by atoms with Crippen molar-refractivity contribution in [3.05, 3.63) is 96.1 Å². The third kappa shape index (κ3) is 7.44. The number of Topliss-reactive ketones (excluding diaryl/α,β-unsaturated/α-hetero) is 2. The smallest absolute Gasteiger partial charge is 0.130 e. The van der Waals surface area contributed by atoms with Gasteiger partial charge in [0.1, 0.15) is 11.6 Å². The summed E-state index contributed by atoms with van der Waals surface area (Å²) in [6.07, 6.45) is 6.80. The molecule has 170 valence electrons. The van der Waals surface area contributed by atoms with E-state index in [1.807, 2.05) is 12.2 Å². The van der Waals surface area contributed by atoms with E-state index >= 15 is 0 Å². The molecule has 2 heteroatoms. The van der Waals surface area contributed by atoms with Crippen molar-refractivity contribution in [1.82, 2.24) is 0 Å². The Morgan fingerprint density at radius 3 is 1.25 bits per heavy atom. The summed E-state index contributed by atoms with van der Waals surface area (Å²) >= 11 is 0. The van der Waals surface area contributed by atoms with Gasteiger partial charge in [0.15, 0.2) is 0 Å². The second kappa shape index (κ2) is 12.3. The first-order chi connectivity index (χ1) is 15.2. The zero-order chi connectivity index (χ0) is 23.7. The highest BCUT2D eigenvalue weighted by Gasteiger charge is 2.27. The van der Waals surface area contributed by atoms with E-state index in [0.717, 1.165) is 12.8 Å². The summed E-state index contributed by atoms with van der Waals surface area (Å²) in [5.74, 6) is 0.970. The lowest BCUT2D eigenvalue weighted by molar-refractivity contribution is -0.118. The average molecular weight is 431 g/mol. The van der Waals surface area contributed by atoms with E-state index in [0.29, 0.717) is 12.8 Å². The quantitative estimate of drug-likeness (QED) is 0.308. The van der Waals surface area contributed by atoms with E-state index in [4.69, 9.17) is 0 Å². The predicted octanol–water partition coefficient (Wildman–Crippen LogP) is 7.51. The van der Waals surface area contributed by atoms with Crippen LogP contribution in [0.2, 0.25) is 0 Å². The van der Waals surface area contributed by atoms with Gasteiger partial charge in [0.25, 0.3) is 0 Å². The van der Waals surface area contributed by atoms with Crippen LogP contribution in [0.1, 0.15) is 73.6 Å². The van der Waals surface area contributed by atoms with Gasteiger partial charge in [-0.05, 0) is 75.3 Å². The maximum atomic E-state index is 12.1. The van der Waals surface area contributed by atoms with Gasteiger partial charge in [0, 0.05) is 12.8 Å². The number of hydrogen-bond donors (Lipinski definition) is 0. The number of rotatable bonds is 13. The fourth-order valence-electron chi connectivity index (χ4n) is 4.63. The Morgan fingerprint density at radius 2 is 1.00 bits per heavy atom. The molecule has 32 heavy (non-hydrogen) atoms. The van der Waals surface area contributed by atoms with Gasteiger partial charge in [-0.3, -0.25) is 0 Å². The number of ketones is 2. The number of benzene rings is 2. The van der Waals surface area contributed by atoms with Crippen LogP contribution in [-0.2, 0) is 9.59 Å². The molecule has 0 aliphatic heterocycles. The highest BCUT2D eigenvalue weighted by molar-refractivity contribution is 5.77. The first-order valence-corrected chi connectivity index (χ1v) is 11.6.